The number of ether oxygens (including phenoxy) is 1. The molecule has 2 rings (SSSR count). The van der Waals surface area contributed by atoms with E-state index >= 15 is 0 Å². The first kappa shape index (κ1) is 14.1. The maximum Gasteiger partial charge on any atom is 0.350 e. The Kier molecular flexibility index (Phi) is 4.96. The summed E-state index contributed by atoms with van der Waals surface area (Å²) in [5.74, 6) is -0.238. The first-order valence-corrected chi connectivity index (χ1v) is 7.66. The van der Waals surface area contributed by atoms with Gasteiger partial charge in [0.2, 0.25) is 0 Å². The minimum Gasteiger partial charge on any atom is -0.458 e. The summed E-state index contributed by atoms with van der Waals surface area (Å²) >= 11 is 1.36. The number of hydrogen-bond acceptors (Lipinski definition) is 4. The second-order valence-electron chi connectivity index (χ2n) is 4.78. The van der Waals surface area contributed by atoms with Crippen LogP contribution in [0, 0.1) is 0 Å². The van der Waals surface area contributed by atoms with Crippen molar-refractivity contribution in [3.8, 4) is 0 Å². The number of esters is 1. The Hall–Kier alpha value is -1.36. The summed E-state index contributed by atoms with van der Waals surface area (Å²) < 4.78 is 7.29. The Morgan fingerprint density at radius 2 is 2.32 bits per heavy atom. The smallest absolute Gasteiger partial charge is 0.350 e. The van der Waals surface area contributed by atoms with Gasteiger partial charge in [0.1, 0.15) is 4.88 Å². The van der Waals surface area contributed by atoms with Crippen molar-refractivity contribution in [1.82, 2.24) is 9.38 Å². The number of nitrogens with zero attached hydrogens (tertiary/aromatic N) is 2. The highest BCUT2D eigenvalue weighted by atomic mass is 32.1. The molecule has 1 atom stereocenters. The number of aromatic nitrogens is 2. The van der Waals surface area contributed by atoms with Crippen LogP contribution >= 0.6 is 11.3 Å². The van der Waals surface area contributed by atoms with Gasteiger partial charge in [-0.1, -0.05) is 37.5 Å². The van der Waals surface area contributed by atoms with Crippen molar-refractivity contribution in [2.75, 3.05) is 0 Å². The van der Waals surface area contributed by atoms with Crippen molar-refractivity contribution in [3.63, 3.8) is 0 Å². The molecule has 1 unspecified atom stereocenters. The third-order valence-corrected chi connectivity index (χ3v) is 4.06. The lowest BCUT2D eigenvalue weighted by atomic mass is 10.1. The van der Waals surface area contributed by atoms with Gasteiger partial charge in [-0.05, 0) is 19.8 Å². The van der Waals surface area contributed by atoms with E-state index in [1.807, 2.05) is 17.5 Å². The topological polar surface area (TPSA) is 43.6 Å². The van der Waals surface area contributed by atoms with Gasteiger partial charge < -0.3 is 4.74 Å². The van der Waals surface area contributed by atoms with E-state index in [0.717, 1.165) is 17.8 Å². The van der Waals surface area contributed by atoms with Crippen LogP contribution in [0.4, 0.5) is 0 Å². The molecule has 104 valence electrons. The number of imidazole rings is 1. The summed E-state index contributed by atoms with van der Waals surface area (Å²) in [6.45, 7) is 4.15. The van der Waals surface area contributed by atoms with E-state index in [2.05, 4.69) is 11.9 Å². The molecule has 0 fully saturated rings. The predicted octanol–water partition coefficient (Wildman–Crippen LogP) is 3.91. The summed E-state index contributed by atoms with van der Waals surface area (Å²) in [4.78, 5) is 17.5. The highest BCUT2D eigenvalue weighted by molar-refractivity contribution is 7.18. The zero-order chi connectivity index (χ0) is 13.7. The van der Waals surface area contributed by atoms with E-state index in [9.17, 15) is 4.79 Å². The molecular formula is C14H20N2O2S. The standard InChI is InChI=1S/C14H20N2O2S/c1-3-4-5-6-7-11(2)18-13(17)12-10-16-9-8-15-14(16)19-12/h8-11H,3-7H2,1-2H3. The molecular weight excluding hydrogens is 260 g/mol. The Labute approximate surface area is 117 Å². The maximum atomic E-state index is 12.0. The summed E-state index contributed by atoms with van der Waals surface area (Å²) in [6.07, 6.45) is 11.1. The SMILES string of the molecule is CCCCCCC(C)OC(=O)c1cn2ccnc2s1. The van der Waals surface area contributed by atoms with Gasteiger partial charge >= 0.3 is 5.97 Å². The maximum absolute atomic E-state index is 12.0. The summed E-state index contributed by atoms with van der Waals surface area (Å²) in [5, 5.41) is 0. The molecule has 0 aliphatic carbocycles. The fourth-order valence-corrected chi connectivity index (χ4v) is 2.81. The fourth-order valence-electron chi connectivity index (χ4n) is 1.98. The average molecular weight is 280 g/mol. The lowest BCUT2D eigenvalue weighted by Crippen LogP contribution is -2.14. The molecule has 4 nitrogen and oxygen atoms in total. The molecule has 0 amide bonds. The largest absolute Gasteiger partial charge is 0.458 e. The van der Waals surface area contributed by atoms with Crippen LogP contribution in [0.3, 0.4) is 0 Å². The average Bonchev–Trinajstić information content (AvgIpc) is 2.95. The molecule has 0 radical (unpaired) electrons. The van der Waals surface area contributed by atoms with E-state index in [0.29, 0.717) is 4.88 Å². The molecule has 0 N–H and O–H groups in total. The van der Waals surface area contributed by atoms with E-state index in [1.165, 1.54) is 30.6 Å². The third kappa shape index (κ3) is 3.80. The Balaban J connectivity index is 1.81. The number of carbonyl (C=O) groups excluding carboxylic acids is 1. The molecule has 2 heterocycles. The van der Waals surface area contributed by atoms with E-state index in [-0.39, 0.29) is 12.1 Å². The predicted molar refractivity (Wildman–Crippen MR) is 76.7 cm³/mol. The molecule has 0 aromatic carbocycles. The Morgan fingerprint density at radius 3 is 3.05 bits per heavy atom. The van der Waals surface area contributed by atoms with Crippen LogP contribution in [0.25, 0.3) is 4.96 Å². The number of hydrogen-bond donors (Lipinski definition) is 0. The molecule has 0 bridgehead atoms. The number of carbonyl (C=O) groups is 1. The van der Waals surface area contributed by atoms with Crippen LogP contribution in [0.15, 0.2) is 18.6 Å². The normalized spacial score (nSPS) is 12.7. The van der Waals surface area contributed by atoms with Crippen molar-refractivity contribution in [2.45, 2.75) is 52.1 Å². The molecule has 0 aliphatic heterocycles. The van der Waals surface area contributed by atoms with Gasteiger partial charge in [-0.15, -0.1) is 0 Å². The van der Waals surface area contributed by atoms with E-state index < -0.39 is 0 Å². The number of fused-ring (bicyclic) bond motifs is 1. The van der Waals surface area contributed by atoms with Gasteiger partial charge in [-0.25, -0.2) is 9.78 Å². The van der Waals surface area contributed by atoms with Crippen molar-refractivity contribution in [3.05, 3.63) is 23.5 Å². The number of thiazole rings is 1. The zero-order valence-electron chi connectivity index (χ0n) is 11.5. The summed E-state index contributed by atoms with van der Waals surface area (Å²) in [7, 11) is 0. The third-order valence-electron chi connectivity index (χ3n) is 3.06. The molecule has 2 aromatic rings. The van der Waals surface area contributed by atoms with E-state index in [1.54, 1.807) is 12.4 Å². The molecule has 0 saturated heterocycles. The van der Waals surface area contributed by atoms with Crippen LogP contribution in [0.1, 0.15) is 55.6 Å². The monoisotopic (exact) mass is 280 g/mol. The van der Waals surface area contributed by atoms with Crippen molar-refractivity contribution in [2.24, 2.45) is 0 Å². The highest BCUT2D eigenvalue weighted by Crippen LogP contribution is 2.18. The van der Waals surface area contributed by atoms with Crippen LogP contribution in [-0.2, 0) is 4.74 Å². The Morgan fingerprint density at radius 1 is 1.47 bits per heavy atom. The number of unbranched alkanes of at least 4 members (excludes halogenated alkanes) is 3. The number of rotatable bonds is 7. The minimum atomic E-state index is -0.238. The van der Waals surface area contributed by atoms with Crippen LogP contribution < -0.4 is 0 Å². The zero-order valence-corrected chi connectivity index (χ0v) is 12.3. The van der Waals surface area contributed by atoms with Crippen LogP contribution in [0.5, 0.6) is 0 Å². The van der Waals surface area contributed by atoms with Gasteiger partial charge in [0.25, 0.3) is 0 Å². The van der Waals surface area contributed by atoms with Gasteiger partial charge in [0, 0.05) is 18.6 Å². The molecule has 0 saturated carbocycles. The molecule has 0 spiro atoms. The van der Waals surface area contributed by atoms with Crippen LogP contribution in [0.2, 0.25) is 0 Å². The summed E-state index contributed by atoms with van der Waals surface area (Å²) in [6, 6.07) is 0. The summed E-state index contributed by atoms with van der Waals surface area (Å²) in [5.41, 5.74) is 0. The molecule has 2 aromatic heterocycles. The first-order chi connectivity index (χ1) is 9.20. The highest BCUT2D eigenvalue weighted by Gasteiger charge is 2.15. The second-order valence-corrected chi connectivity index (χ2v) is 5.79. The lowest BCUT2D eigenvalue weighted by molar-refractivity contribution is 0.0325. The first-order valence-electron chi connectivity index (χ1n) is 6.84. The van der Waals surface area contributed by atoms with Crippen molar-refractivity contribution in [1.29, 1.82) is 0 Å². The van der Waals surface area contributed by atoms with Crippen molar-refractivity contribution < 1.29 is 9.53 Å². The van der Waals surface area contributed by atoms with Gasteiger partial charge in [-0.2, -0.15) is 0 Å². The lowest BCUT2D eigenvalue weighted by Gasteiger charge is -2.11. The van der Waals surface area contributed by atoms with Crippen molar-refractivity contribution >= 4 is 22.3 Å². The van der Waals surface area contributed by atoms with E-state index in [4.69, 9.17) is 4.74 Å². The molecule has 19 heavy (non-hydrogen) atoms. The Bertz CT molecular complexity index is 504. The quantitative estimate of drug-likeness (QED) is 0.570. The van der Waals surface area contributed by atoms with Gasteiger partial charge in [0.05, 0.1) is 6.10 Å². The molecule has 5 heteroatoms. The fraction of sp³-hybridized carbons (Fsp3) is 0.571. The van der Waals surface area contributed by atoms with Crippen LogP contribution in [-0.4, -0.2) is 21.5 Å². The minimum absolute atomic E-state index is 0.0150. The van der Waals surface area contributed by atoms with Gasteiger partial charge in [-0.3, -0.25) is 4.40 Å². The van der Waals surface area contributed by atoms with Gasteiger partial charge in [0.15, 0.2) is 4.96 Å². The second kappa shape index (κ2) is 6.70. The molecule has 0 aliphatic rings.